The van der Waals surface area contributed by atoms with Gasteiger partial charge in [0.25, 0.3) is 0 Å². The Morgan fingerprint density at radius 3 is 2.55 bits per heavy atom. The molecule has 1 unspecified atom stereocenters. The van der Waals surface area contributed by atoms with Crippen LogP contribution in [0.1, 0.15) is 11.7 Å². The Morgan fingerprint density at radius 1 is 1.23 bits per heavy atom. The number of hydrogen-bond acceptors (Lipinski definition) is 4. The molecule has 4 nitrogen and oxygen atoms in total. The lowest BCUT2D eigenvalue weighted by Crippen LogP contribution is -2.17. The largest absolute Gasteiger partial charge is 0.573 e. The highest BCUT2D eigenvalue weighted by atomic mass is 35.5. The first kappa shape index (κ1) is 16.4. The van der Waals surface area contributed by atoms with Crippen molar-refractivity contribution in [2.24, 2.45) is 0 Å². The van der Waals surface area contributed by atoms with Gasteiger partial charge in [-0.05, 0) is 18.2 Å². The zero-order chi connectivity index (χ0) is 16.2. The molecule has 1 atom stereocenters. The van der Waals surface area contributed by atoms with E-state index in [0.29, 0.717) is 16.4 Å². The quantitative estimate of drug-likeness (QED) is 0.875. The van der Waals surface area contributed by atoms with Crippen LogP contribution in [0.4, 0.5) is 19.0 Å². The summed E-state index contributed by atoms with van der Waals surface area (Å²) in [7, 11) is 0. The van der Waals surface area contributed by atoms with Gasteiger partial charge in [-0.15, -0.1) is 13.2 Å². The lowest BCUT2D eigenvalue weighted by molar-refractivity contribution is -0.274. The molecule has 0 aliphatic carbocycles. The van der Waals surface area contributed by atoms with Crippen LogP contribution in [0, 0.1) is 0 Å². The smallest absolute Gasteiger partial charge is 0.404 e. The zero-order valence-electron chi connectivity index (χ0n) is 11.1. The predicted octanol–water partition coefficient (Wildman–Crippen LogP) is 3.78. The first-order valence-electron chi connectivity index (χ1n) is 6.23. The molecule has 22 heavy (non-hydrogen) atoms. The van der Waals surface area contributed by atoms with E-state index in [0.717, 1.165) is 12.3 Å². The highest BCUT2D eigenvalue weighted by Gasteiger charge is 2.31. The molecule has 8 heteroatoms. The van der Waals surface area contributed by atoms with Crippen LogP contribution in [-0.4, -0.2) is 23.0 Å². The number of aliphatic hydroxyl groups excluding tert-OH is 1. The minimum Gasteiger partial charge on any atom is -0.404 e. The van der Waals surface area contributed by atoms with Gasteiger partial charge < -0.3 is 15.2 Å². The Morgan fingerprint density at radius 2 is 1.95 bits per heavy atom. The van der Waals surface area contributed by atoms with Crippen molar-refractivity contribution < 1.29 is 23.0 Å². The number of anilines is 1. The molecule has 1 aromatic heterocycles. The number of hydrogen-bond donors (Lipinski definition) is 2. The molecule has 2 rings (SSSR count). The van der Waals surface area contributed by atoms with Gasteiger partial charge >= 0.3 is 6.36 Å². The second kappa shape index (κ2) is 6.85. The van der Waals surface area contributed by atoms with Crippen molar-refractivity contribution in [2.75, 3.05) is 11.9 Å². The van der Waals surface area contributed by atoms with Crippen LogP contribution < -0.4 is 10.1 Å². The second-order valence-corrected chi connectivity index (χ2v) is 4.75. The molecule has 2 N–H and O–H groups in total. The predicted molar refractivity (Wildman–Crippen MR) is 75.8 cm³/mol. The van der Waals surface area contributed by atoms with Gasteiger partial charge in [0, 0.05) is 17.1 Å². The number of nitrogens with zero attached hydrogens (tertiary/aromatic N) is 1. The molecule has 0 saturated carbocycles. The summed E-state index contributed by atoms with van der Waals surface area (Å²) >= 11 is 5.96. The van der Waals surface area contributed by atoms with Crippen molar-refractivity contribution in [2.45, 2.75) is 12.5 Å². The van der Waals surface area contributed by atoms with Crippen LogP contribution in [0.15, 0.2) is 42.6 Å². The van der Waals surface area contributed by atoms with Gasteiger partial charge in [-0.1, -0.05) is 29.8 Å². The van der Waals surface area contributed by atoms with Crippen LogP contribution in [0.5, 0.6) is 5.75 Å². The Kier molecular flexibility index (Phi) is 5.10. The third-order valence-corrected chi connectivity index (χ3v) is 3.05. The first-order chi connectivity index (χ1) is 10.3. The maximum Gasteiger partial charge on any atom is 0.573 e. The van der Waals surface area contributed by atoms with Gasteiger partial charge in [0.2, 0.25) is 0 Å². The van der Waals surface area contributed by atoms with Crippen molar-refractivity contribution in [3.8, 4) is 5.75 Å². The number of benzene rings is 1. The fraction of sp³-hybridized carbons (Fsp3) is 0.214. The molecule has 0 spiro atoms. The van der Waals surface area contributed by atoms with Crippen molar-refractivity contribution in [1.82, 2.24) is 4.98 Å². The summed E-state index contributed by atoms with van der Waals surface area (Å²) in [5.74, 6) is -0.106. The molecule has 1 aromatic carbocycles. The van der Waals surface area contributed by atoms with Gasteiger partial charge in [0.1, 0.15) is 11.6 Å². The van der Waals surface area contributed by atoms with E-state index in [-0.39, 0.29) is 6.54 Å². The maximum absolute atomic E-state index is 12.0. The van der Waals surface area contributed by atoms with E-state index in [1.54, 1.807) is 24.3 Å². The minimum atomic E-state index is -4.75. The van der Waals surface area contributed by atoms with E-state index in [4.69, 9.17) is 11.6 Å². The second-order valence-electron chi connectivity index (χ2n) is 4.35. The molecule has 0 amide bonds. The van der Waals surface area contributed by atoms with Gasteiger partial charge in [0.05, 0.1) is 12.3 Å². The van der Waals surface area contributed by atoms with Gasteiger partial charge in [0.15, 0.2) is 0 Å². The molecular formula is C14H12ClF3N2O2. The average molecular weight is 333 g/mol. The number of aromatic nitrogens is 1. The molecule has 0 aliphatic heterocycles. The minimum absolute atomic E-state index is 0.107. The zero-order valence-corrected chi connectivity index (χ0v) is 11.9. The normalized spacial score (nSPS) is 12.8. The number of aliphatic hydroxyl groups is 1. The Labute approximate surface area is 129 Å². The van der Waals surface area contributed by atoms with Gasteiger partial charge in [-0.25, -0.2) is 4.98 Å². The average Bonchev–Trinajstić information content (AvgIpc) is 2.45. The first-order valence-corrected chi connectivity index (χ1v) is 6.61. The highest BCUT2D eigenvalue weighted by molar-refractivity contribution is 6.31. The van der Waals surface area contributed by atoms with Crippen LogP contribution in [-0.2, 0) is 0 Å². The van der Waals surface area contributed by atoms with Crippen molar-refractivity contribution in [3.63, 3.8) is 0 Å². The van der Waals surface area contributed by atoms with Crippen LogP contribution in [0.3, 0.4) is 0 Å². The molecule has 0 fully saturated rings. The third-order valence-electron chi connectivity index (χ3n) is 2.71. The van der Waals surface area contributed by atoms with E-state index < -0.39 is 18.2 Å². The van der Waals surface area contributed by atoms with E-state index in [2.05, 4.69) is 15.0 Å². The van der Waals surface area contributed by atoms with Crippen molar-refractivity contribution in [1.29, 1.82) is 0 Å². The van der Waals surface area contributed by atoms with Crippen LogP contribution in [0.25, 0.3) is 0 Å². The number of rotatable bonds is 5. The summed E-state index contributed by atoms with van der Waals surface area (Å²) in [6.07, 6.45) is -4.68. The molecule has 1 heterocycles. The molecular weight excluding hydrogens is 321 g/mol. The standard InChI is InChI=1S/C14H12ClF3N2O2/c15-11-4-2-1-3-10(11)12(21)8-20-13-6-5-9(7-19-13)22-14(16,17)18/h1-7,12,21H,8H2,(H,19,20). The maximum atomic E-state index is 12.0. The molecule has 0 saturated heterocycles. The third kappa shape index (κ3) is 4.78. The van der Waals surface area contributed by atoms with Crippen LogP contribution in [0.2, 0.25) is 5.02 Å². The number of nitrogens with one attached hydrogen (secondary N) is 1. The summed E-state index contributed by atoms with van der Waals surface area (Å²) in [5, 5.41) is 13.3. The summed E-state index contributed by atoms with van der Waals surface area (Å²) in [6.45, 7) is 0.107. The number of ether oxygens (including phenoxy) is 1. The van der Waals surface area contributed by atoms with Gasteiger partial charge in [-0.2, -0.15) is 0 Å². The molecule has 2 aromatic rings. The number of pyridine rings is 1. The van der Waals surface area contributed by atoms with Crippen molar-refractivity contribution in [3.05, 3.63) is 53.2 Å². The summed E-state index contributed by atoms with van der Waals surface area (Å²) in [4.78, 5) is 3.77. The van der Waals surface area contributed by atoms with Gasteiger partial charge in [-0.3, -0.25) is 0 Å². The van der Waals surface area contributed by atoms with E-state index in [1.165, 1.54) is 6.07 Å². The molecule has 0 aliphatic rings. The summed E-state index contributed by atoms with van der Waals surface area (Å²) in [6, 6.07) is 9.27. The lowest BCUT2D eigenvalue weighted by atomic mass is 10.1. The molecule has 118 valence electrons. The van der Waals surface area contributed by atoms with Crippen molar-refractivity contribution >= 4 is 17.4 Å². The fourth-order valence-corrected chi connectivity index (χ4v) is 2.00. The topological polar surface area (TPSA) is 54.4 Å². The molecule has 0 bridgehead atoms. The number of alkyl halides is 3. The monoisotopic (exact) mass is 332 g/mol. The Bertz CT molecular complexity index is 620. The summed E-state index contributed by atoms with van der Waals surface area (Å²) < 4.78 is 39.7. The van der Waals surface area contributed by atoms with E-state index in [9.17, 15) is 18.3 Å². The Hall–Kier alpha value is -1.99. The fourth-order valence-electron chi connectivity index (χ4n) is 1.74. The SMILES string of the molecule is OC(CNc1ccc(OC(F)(F)F)cn1)c1ccccc1Cl. The summed E-state index contributed by atoms with van der Waals surface area (Å²) in [5.41, 5.74) is 0.550. The van der Waals surface area contributed by atoms with E-state index >= 15 is 0 Å². The lowest BCUT2D eigenvalue weighted by Gasteiger charge is -2.14. The van der Waals surface area contributed by atoms with Crippen LogP contribution >= 0.6 is 11.6 Å². The Balaban J connectivity index is 1.93. The highest BCUT2D eigenvalue weighted by Crippen LogP contribution is 2.24. The number of halogens is 4. The van der Waals surface area contributed by atoms with E-state index in [1.807, 2.05) is 0 Å². The molecule has 0 radical (unpaired) electrons.